The number of aromatic amines is 3. The molecule has 1 saturated heterocycles. The van der Waals surface area contributed by atoms with Crippen molar-refractivity contribution in [1.29, 1.82) is 0 Å². The summed E-state index contributed by atoms with van der Waals surface area (Å²) in [4.78, 5) is 72.5. The van der Waals surface area contributed by atoms with Gasteiger partial charge in [0.15, 0.2) is 6.29 Å². The van der Waals surface area contributed by atoms with Crippen molar-refractivity contribution in [3.63, 3.8) is 0 Å². The van der Waals surface area contributed by atoms with E-state index in [0.29, 0.717) is 121 Å². The second kappa shape index (κ2) is 23.1. The molecule has 1 fully saturated rings. The number of aromatic nitrogens is 6. The highest BCUT2D eigenvalue weighted by molar-refractivity contribution is 6.40. The normalized spacial score (nSPS) is 18.0. The summed E-state index contributed by atoms with van der Waals surface area (Å²) in [6.45, 7) is 12.8. The first-order valence-corrected chi connectivity index (χ1v) is 28.3. The number of aliphatic hydroxyl groups excluding tert-OH is 2. The van der Waals surface area contributed by atoms with Gasteiger partial charge in [-0.1, -0.05) is 134 Å². The molecule has 11 N–H and O–H groups in total. The van der Waals surface area contributed by atoms with Gasteiger partial charge in [0.1, 0.15) is 22.8 Å². The Bertz CT molecular complexity index is 4020. The zero-order chi connectivity index (χ0) is 59.4. The third-order valence-corrected chi connectivity index (χ3v) is 16.6. The highest BCUT2D eigenvalue weighted by atomic mass is 35.5. The van der Waals surface area contributed by atoms with Gasteiger partial charge in [-0.25, -0.2) is 15.0 Å². The number of halogens is 6. The minimum atomic E-state index is -0.960. The Hall–Kier alpha value is -7.17. The Labute approximate surface area is 504 Å². The van der Waals surface area contributed by atoms with Crippen molar-refractivity contribution in [2.75, 3.05) is 29.1 Å². The Morgan fingerprint density at radius 1 is 0.530 bits per heavy atom. The Morgan fingerprint density at radius 2 is 0.928 bits per heavy atom. The molecule has 6 aromatic carbocycles. The molecule has 4 aliphatic rings. The number of H-pyrrole nitrogens is 3. The smallest absolute Gasteiger partial charge is 0.260 e. The number of fused-ring (bicyclic) bond motifs is 9. The summed E-state index contributed by atoms with van der Waals surface area (Å²) in [5.74, 6) is 0.0513. The van der Waals surface area contributed by atoms with Crippen LogP contribution in [-0.4, -0.2) is 89.4 Å². The van der Waals surface area contributed by atoms with Crippen LogP contribution in [0.15, 0.2) is 91.0 Å². The molecule has 0 saturated carbocycles. The van der Waals surface area contributed by atoms with Gasteiger partial charge in [-0.15, -0.1) is 0 Å². The monoisotopic (exact) mass is 1240 g/mol. The summed E-state index contributed by atoms with van der Waals surface area (Å²) < 4.78 is 4.71. The fourth-order valence-electron chi connectivity index (χ4n) is 9.94. The fraction of sp³-hybridized carbons (Fsp3) is 0.259. The van der Waals surface area contributed by atoms with Gasteiger partial charge in [0.05, 0.1) is 85.9 Å². The molecule has 0 spiro atoms. The van der Waals surface area contributed by atoms with Crippen LogP contribution >= 0.6 is 69.6 Å². The number of aliphatic hydroxyl groups is 2. The van der Waals surface area contributed by atoms with Gasteiger partial charge in [0.25, 0.3) is 17.7 Å². The summed E-state index contributed by atoms with van der Waals surface area (Å²) in [5.41, 5.74) is 7.63. The van der Waals surface area contributed by atoms with Crippen molar-refractivity contribution >= 4 is 161 Å². The van der Waals surface area contributed by atoms with Crippen molar-refractivity contribution in [3.05, 3.63) is 155 Å². The minimum absolute atomic E-state index is 0.103. The molecule has 83 heavy (non-hydrogen) atoms. The molecule has 19 nitrogen and oxygen atoms in total. The highest BCUT2D eigenvalue weighted by Gasteiger charge is 2.42. The predicted molar refractivity (Wildman–Crippen MR) is 326 cm³/mol. The maximum absolute atomic E-state index is 12.5. The van der Waals surface area contributed by atoms with Crippen molar-refractivity contribution in [1.82, 2.24) is 45.9 Å². The molecule has 0 radical (unpaired) electrons. The average Bonchev–Trinajstić information content (AvgIpc) is 2.43. The molecule has 2 unspecified atom stereocenters. The third-order valence-electron chi connectivity index (χ3n) is 14.7. The number of anilines is 6. The van der Waals surface area contributed by atoms with E-state index < -0.39 is 29.3 Å². The van der Waals surface area contributed by atoms with E-state index in [1.165, 1.54) is 0 Å². The summed E-state index contributed by atoms with van der Waals surface area (Å²) in [7, 11) is 0. The number of benzene rings is 6. The fourth-order valence-corrected chi connectivity index (χ4v) is 11.4. The molecule has 4 amide bonds. The topological polar surface area (TPSA) is 276 Å². The van der Waals surface area contributed by atoms with Crippen molar-refractivity contribution in [3.8, 4) is 0 Å². The van der Waals surface area contributed by atoms with E-state index in [0.717, 1.165) is 36.1 Å². The Morgan fingerprint density at radius 3 is 1.33 bits per heavy atom. The van der Waals surface area contributed by atoms with Gasteiger partial charge in [-0.3, -0.25) is 24.5 Å². The van der Waals surface area contributed by atoms with Crippen molar-refractivity contribution in [2.24, 2.45) is 0 Å². The second-order valence-electron chi connectivity index (χ2n) is 21.6. The molecule has 0 bridgehead atoms. The standard InChI is InChI=1S/C18H16Cl2N4O2.C18H14Cl2N4O2.C18H16Cl2N4O.C4H8O2/c2*1-18(2)8-6-7-11-14(12(8)15(25)24-16(18)26)23-17(21-11)22-13-9(19)4-3-5-10(13)20;1-18(2)8-21-16(25)13-9(18)6-7-12-15(13)24-17(22-12)23-14-10(19)4-3-5-11(14)20;5-4-2-1-3-6-4/h3-7,16,26H,1-2H3,(H,24,25)(H2,21,22,23);3-7H,1-2H3,(H2,21,22,23)(H,24,25,26);3-7H,8H2,1-2H3,(H,21,25)(H2,22,23,24);4-5H,1-3H2. The maximum atomic E-state index is 12.5. The van der Waals surface area contributed by atoms with Crippen LogP contribution in [0.5, 0.6) is 0 Å². The number of imidazole rings is 3. The maximum Gasteiger partial charge on any atom is 0.260 e. The lowest BCUT2D eigenvalue weighted by Crippen LogP contribution is -2.52. The van der Waals surface area contributed by atoms with Crippen LogP contribution in [0.1, 0.15) is 102 Å². The molecule has 0 aliphatic carbocycles. The van der Waals surface area contributed by atoms with Crippen LogP contribution in [0.2, 0.25) is 30.1 Å². The number of nitrogens with one attached hydrogen (secondary N) is 9. The summed E-state index contributed by atoms with van der Waals surface area (Å²) in [6.07, 6.45) is 0.421. The number of ether oxygens (including phenoxy) is 1. The molecule has 2 atom stereocenters. The summed E-state index contributed by atoms with van der Waals surface area (Å²) in [5, 5.41) is 38.7. The van der Waals surface area contributed by atoms with Gasteiger partial charge in [0.2, 0.25) is 23.8 Å². The van der Waals surface area contributed by atoms with Gasteiger partial charge in [-0.2, -0.15) is 0 Å². The summed E-state index contributed by atoms with van der Waals surface area (Å²) >= 11 is 37.1. The SMILES string of the molecule is CC1(C)C(=O)NC(=O)c2c1ccc1[nH]c(Nc3c(Cl)cccc3Cl)nc21.CC1(C)CNC(=O)c2c1ccc1[nH]c(Nc3c(Cl)cccc3Cl)nc21.CC1(C)c2ccc3[nH]c(Nc4c(Cl)cccc4Cl)nc3c2C(=O)NC1O.OC1CCCO1. The lowest BCUT2D eigenvalue weighted by Gasteiger charge is -2.37. The molecular weight excluding hydrogens is 1190 g/mol. The van der Waals surface area contributed by atoms with E-state index in [9.17, 15) is 24.3 Å². The number of amides is 4. The average molecular weight is 1240 g/mol. The number of para-hydroxylation sites is 3. The van der Waals surface area contributed by atoms with Gasteiger partial charge in [0, 0.05) is 30.4 Å². The molecule has 3 aromatic heterocycles. The van der Waals surface area contributed by atoms with E-state index in [1.807, 2.05) is 38.1 Å². The van der Waals surface area contributed by atoms with Crippen LogP contribution in [-0.2, 0) is 25.8 Å². The van der Waals surface area contributed by atoms with Crippen LogP contribution in [0.3, 0.4) is 0 Å². The number of nitrogens with zero attached hydrogens (tertiary/aromatic N) is 3. The van der Waals surface area contributed by atoms with E-state index >= 15 is 0 Å². The second-order valence-corrected chi connectivity index (χ2v) is 24.1. The van der Waals surface area contributed by atoms with Crippen LogP contribution in [0.25, 0.3) is 33.1 Å². The van der Waals surface area contributed by atoms with Gasteiger partial charge in [-0.05, 0) is 91.6 Å². The number of carbonyl (C=O) groups excluding carboxylic acids is 4. The van der Waals surface area contributed by atoms with Crippen LogP contribution in [0, 0.1) is 0 Å². The summed E-state index contributed by atoms with van der Waals surface area (Å²) in [6, 6.07) is 26.8. The number of rotatable bonds is 6. The molecule has 4 aliphatic heterocycles. The van der Waals surface area contributed by atoms with Crippen LogP contribution < -0.4 is 31.9 Å². The van der Waals surface area contributed by atoms with Gasteiger partial charge >= 0.3 is 0 Å². The number of hydrogen-bond donors (Lipinski definition) is 11. The quantitative estimate of drug-likeness (QED) is 0.0692. The molecule has 7 heterocycles. The van der Waals surface area contributed by atoms with Crippen molar-refractivity contribution < 1.29 is 34.1 Å². The largest absolute Gasteiger partial charge is 0.373 e. The lowest BCUT2D eigenvalue weighted by atomic mass is 9.77. The van der Waals surface area contributed by atoms with E-state index in [2.05, 4.69) is 75.7 Å². The molecule has 9 aromatic rings. The number of imide groups is 1. The van der Waals surface area contributed by atoms with E-state index in [4.69, 9.17) is 79.4 Å². The van der Waals surface area contributed by atoms with E-state index in [-0.39, 0.29) is 23.1 Å². The Kier molecular flexibility index (Phi) is 16.4. The first-order valence-electron chi connectivity index (χ1n) is 26.0. The molecule has 25 heteroatoms. The van der Waals surface area contributed by atoms with Gasteiger partial charge < -0.3 is 56.5 Å². The molecule has 430 valence electrons. The predicted octanol–water partition coefficient (Wildman–Crippen LogP) is 12.9. The highest BCUT2D eigenvalue weighted by Crippen LogP contribution is 2.41. The lowest BCUT2D eigenvalue weighted by molar-refractivity contribution is -0.125. The molecule has 13 rings (SSSR count). The first-order chi connectivity index (χ1) is 39.3. The number of carbonyl (C=O) groups is 4. The third kappa shape index (κ3) is 11.6. The molecular formula is C58H54Cl6N12O7. The first kappa shape index (κ1) is 59.0. The van der Waals surface area contributed by atoms with Crippen LogP contribution in [0.4, 0.5) is 34.9 Å². The van der Waals surface area contributed by atoms with E-state index in [1.54, 1.807) is 80.6 Å². The Balaban J connectivity index is 0.000000132. The zero-order valence-corrected chi connectivity index (χ0v) is 49.7. The van der Waals surface area contributed by atoms with Crippen molar-refractivity contribution in [2.45, 2.75) is 83.1 Å². The number of hydrogen-bond acceptors (Lipinski definition) is 13. The minimum Gasteiger partial charge on any atom is -0.373 e. The zero-order valence-electron chi connectivity index (χ0n) is 45.2.